The fourth-order valence-corrected chi connectivity index (χ4v) is 2.77. The van der Waals surface area contributed by atoms with Crippen LogP contribution in [0.2, 0.25) is 0 Å². The van der Waals surface area contributed by atoms with Crippen molar-refractivity contribution in [3.63, 3.8) is 0 Å². The molecular weight excluding hydrogens is 326 g/mol. The zero-order chi connectivity index (χ0) is 18.7. The molecule has 3 aromatic rings. The predicted octanol–water partition coefficient (Wildman–Crippen LogP) is 3.47. The third-order valence-electron chi connectivity index (χ3n) is 4.29. The van der Waals surface area contributed by atoms with Crippen molar-refractivity contribution in [2.24, 2.45) is 0 Å². The van der Waals surface area contributed by atoms with Crippen molar-refractivity contribution in [1.29, 1.82) is 0 Å². The molecule has 1 amide bonds. The lowest BCUT2D eigenvalue weighted by Crippen LogP contribution is -2.27. The molecule has 0 radical (unpaired) electrons. The summed E-state index contributed by atoms with van der Waals surface area (Å²) < 4.78 is 1.31. The van der Waals surface area contributed by atoms with Crippen molar-refractivity contribution in [2.75, 3.05) is 5.32 Å². The molecule has 0 aliphatic carbocycles. The Balaban J connectivity index is 1.77. The van der Waals surface area contributed by atoms with Gasteiger partial charge in [0, 0.05) is 17.3 Å². The number of aromatic nitrogens is 2. The van der Waals surface area contributed by atoms with Gasteiger partial charge in [-0.2, -0.15) is 0 Å². The van der Waals surface area contributed by atoms with E-state index < -0.39 is 0 Å². The van der Waals surface area contributed by atoms with Gasteiger partial charge in [0.2, 0.25) is 5.91 Å². The predicted molar refractivity (Wildman–Crippen MR) is 103 cm³/mol. The highest BCUT2D eigenvalue weighted by Crippen LogP contribution is 2.19. The SMILES string of the molecule is Cc1ccc(-c2cc(=O)n(CC(=O)Nc3c(C)cccc3C)cn2)cc1. The molecule has 0 saturated carbocycles. The molecule has 0 bridgehead atoms. The number of aryl methyl sites for hydroxylation is 3. The molecule has 0 spiro atoms. The zero-order valence-corrected chi connectivity index (χ0v) is 15.1. The van der Waals surface area contributed by atoms with Gasteiger partial charge in [0.15, 0.2) is 0 Å². The van der Waals surface area contributed by atoms with Crippen LogP contribution in [0.15, 0.2) is 59.7 Å². The molecule has 0 atom stereocenters. The summed E-state index contributed by atoms with van der Waals surface area (Å²) in [6.45, 7) is 5.80. The van der Waals surface area contributed by atoms with Crippen LogP contribution in [0.1, 0.15) is 16.7 Å². The number of nitrogens with one attached hydrogen (secondary N) is 1. The maximum Gasteiger partial charge on any atom is 0.254 e. The highest BCUT2D eigenvalue weighted by atomic mass is 16.2. The van der Waals surface area contributed by atoms with Gasteiger partial charge in [-0.05, 0) is 31.9 Å². The standard InChI is InChI=1S/C21H21N3O2/c1-14-7-9-17(10-8-14)18-11-20(26)24(13-22-18)12-19(25)23-21-15(2)5-4-6-16(21)3/h4-11,13H,12H2,1-3H3,(H,23,25). The van der Waals surface area contributed by atoms with Crippen molar-refractivity contribution >= 4 is 11.6 Å². The Morgan fingerprint density at radius 1 is 1.04 bits per heavy atom. The molecule has 132 valence electrons. The van der Waals surface area contributed by atoms with Gasteiger partial charge < -0.3 is 5.32 Å². The fourth-order valence-electron chi connectivity index (χ4n) is 2.77. The molecule has 1 heterocycles. The van der Waals surface area contributed by atoms with E-state index in [4.69, 9.17) is 0 Å². The van der Waals surface area contributed by atoms with Gasteiger partial charge in [-0.15, -0.1) is 0 Å². The molecule has 5 nitrogen and oxygen atoms in total. The van der Waals surface area contributed by atoms with Crippen LogP contribution in [-0.2, 0) is 11.3 Å². The summed E-state index contributed by atoms with van der Waals surface area (Å²) in [6.07, 6.45) is 1.42. The van der Waals surface area contributed by atoms with Gasteiger partial charge >= 0.3 is 0 Å². The van der Waals surface area contributed by atoms with E-state index >= 15 is 0 Å². The third-order valence-corrected chi connectivity index (χ3v) is 4.29. The Labute approximate surface area is 152 Å². The summed E-state index contributed by atoms with van der Waals surface area (Å²) >= 11 is 0. The molecular formula is C21H21N3O2. The molecule has 0 fully saturated rings. The lowest BCUT2D eigenvalue weighted by atomic mass is 10.1. The summed E-state index contributed by atoms with van der Waals surface area (Å²) in [7, 11) is 0. The Bertz CT molecular complexity index is 984. The number of anilines is 1. The fraction of sp³-hybridized carbons (Fsp3) is 0.190. The first-order valence-corrected chi connectivity index (χ1v) is 8.43. The van der Waals surface area contributed by atoms with Crippen molar-refractivity contribution in [3.8, 4) is 11.3 Å². The second kappa shape index (κ2) is 7.35. The van der Waals surface area contributed by atoms with E-state index in [1.807, 2.05) is 63.2 Å². The monoisotopic (exact) mass is 347 g/mol. The minimum absolute atomic E-state index is 0.0756. The van der Waals surface area contributed by atoms with Crippen molar-refractivity contribution < 1.29 is 4.79 Å². The second-order valence-corrected chi connectivity index (χ2v) is 6.42. The van der Waals surface area contributed by atoms with Gasteiger partial charge in [0.1, 0.15) is 6.54 Å². The maximum atomic E-state index is 12.3. The molecule has 1 aromatic heterocycles. The second-order valence-electron chi connectivity index (χ2n) is 6.42. The van der Waals surface area contributed by atoms with E-state index in [1.54, 1.807) is 0 Å². The van der Waals surface area contributed by atoms with Crippen molar-refractivity contribution in [2.45, 2.75) is 27.3 Å². The van der Waals surface area contributed by atoms with Crippen LogP contribution in [-0.4, -0.2) is 15.5 Å². The van der Waals surface area contributed by atoms with E-state index in [1.165, 1.54) is 17.0 Å². The minimum Gasteiger partial charge on any atom is -0.324 e. The van der Waals surface area contributed by atoms with Gasteiger partial charge in [0.05, 0.1) is 12.0 Å². The van der Waals surface area contributed by atoms with Crippen molar-refractivity contribution in [1.82, 2.24) is 9.55 Å². The normalized spacial score (nSPS) is 10.6. The van der Waals surface area contributed by atoms with Gasteiger partial charge in [0.25, 0.3) is 5.56 Å². The van der Waals surface area contributed by atoms with Crippen LogP contribution in [0, 0.1) is 20.8 Å². The molecule has 26 heavy (non-hydrogen) atoms. The molecule has 0 saturated heterocycles. The molecule has 0 aliphatic rings. The number of para-hydroxylation sites is 1. The van der Waals surface area contributed by atoms with Crippen LogP contribution in [0.5, 0.6) is 0 Å². The first-order valence-electron chi connectivity index (χ1n) is 8.43. The Morgan fingerprint density at radius 2 is 1.69 bits per heavy atom. The summed E-state index contributed by atoms with van der Waals surface area (Å²) in [4.78, 5) is 29.0. The van der Waals surface area contributed by atoms with Crippen LogP contribution in [0.25, 0.3) is 11.3 Å². The molecule has 2 aromatic carbocycles. The van der Waals surface area contributed by atoms with Gasteiger partial charge in [-0.3, -0.25) is 14.2 Å². The number of carbonyl (C=O) groups excluding carboxylic acids is 1. The number of hydrogen-bond donors (Lipinski definition) is 1. The van der Waals surface area contributed by atoms with Crippen LogP contribution >= 0.6 is 0 Å². The van der Waals surface area contributed by atoms with Crippen LogP contribution < -0.4 is 10.9 Å². The number of benzene rings is 2. The lowest BCUT2D eigenvalue weighted by molar-refractivity contribution is -0.116. The lowest BCUT2D eigenvalue weighted by Gasteiger charge is -2.12. The highest BCUT2D eigenvalue weighted by Gasteiger charge is 2.10. The largest absolute Gasteiger partial charge is 0.324 e. The zero-order valence-electron chi connectivity index (χ0n) is 15.1. The summed E-state index contributed by atoms with van der Waals surface area (Å²) in [6, 6.07) is 15.1. The van der Waals surface area contributed by atoms with E-state index in [-0.39, 0.29) is 18.0 Å². The Hall–Kier alpha value is -3.21. The highest BCUT2D eigenvalue weighted by molar-refractivity contribution is 5.92. The Kier molecular flexibility index (Phi) is 4.98. The maximum absolute atomic E-state index is 12.3. The summed E-state index contributed by atoms with van der Waals surface area (Å²) in [5.41, 5.74) is 5.12. The number of hydrogen-bond acceptors (Lipinski definition) is 3. The minimum atomic E-state index is -0.257. The molecule has 0 aliphatic heterocycles. The molecule has 5 heteroatoms. The molecule has 1 N–H and O–H groups in total. The Morgan fingerprint density at radius 3 is 2.31 bits per heavy atom. The number of amides is 1. The topological polar surface area (TPSA) is 64.0 Å². The average molecular weight is 347 g/mol. The quantitative estimate of drug-likeness (QED) is 0.786. The van der Waals surface area contributed by atoms with E-state index in [9.17, 15) is 9.59 Å². The van der Waals surface area contributed by atoms with E-state index in [0.29, 0.717) is 5.69 Å². The average Bonchev–Trinajstić information content (AvgIpc) is 2.61. The first-order chi connectivity index (χ1) is 12.4. The van der Waals surface area contributed by atoms with Crippen molar-refractivity contribution in [3.05, 3.63) is 81.9 Å². The third kappa shape index (κ3) is 3.88. The van der Waals surface area contributed by atoms with E-state index in [2.05, 4.69) is 10.3 Å². The van der Waals surface area contributed by atoms with E-state index in [0.717, 1.165) is 27.9 Å². The van der Waals surface area contributed by atoms with Gasteiger partial charge in [-0.25, -0.2) is 4.98 Å². The number of rotatable bonds is 4. The number of nitrogens with zero attached hydrogens (tertiary/aromatic N) is 2. The first kappa shape index (κ1) is 17.6. The van der Waals surface area contributed by atoms with Crippen LogP contribution in [0.4, 0.5) is 5.69 Å². The number of carbonyl (C=O) groups is 1. The summed E-state index contributed by atoms with van der Waals surface area (Å²) in [5, 5.41) is 2.88. The van der Waals surface area contributed by atoms with Crippen LogP contribution in [0.3, 0.4) is 0 Å². The summed E-state index contributed by atoms with van der Waals surface area (Å²) in [5.74, 6) is -0.255. The molecule has 0 unspecified atom stereocenters. The molecule has 3 rings (SSSR count). The smallest absolute Gasteiger partial charge is 0.254 e. The van der Waals surface area contributed by atoms with Gasteiger partial charge in [-0.1, -0.05) is 48.0 Å².